The van der Waals surface area contributed by atoms with Gasteiger partial charge in [-0.2, -0.15) is 0 Å². The Bertz CT molecular complexity index is 508. The van der Waals surface area contributed by atoms with Gasteiger partial charge >= 0.3 is 0 Å². The van der Waals surface area contributed by atoms with Gasteiger partial charge in [0, 0.05) is 19.1 Å². The lowest BCUT2D eigenvalue weighted by Gasteiger charge is -2.33. The Hall–Kier alpha value is -1.42. The molecular weight excluding hydrogens is 279 g/mol. The van der Waals surface area contributed by atoms with Crippen LogP contribution in [-0.4, -0.2) is 41.9 Å². The molecule has 1 atom stereocenters. The number of hydrogen-bond donors (Lipinski definition) is 0. The molecule has 3 rings (SSSR count). The lowest BCUT2D eigenvalue weighted by atomic mass is 9.99. The minimum absolute atomic E-state index is 0.202. The van der Waals surface area contributed by atoms with Crippen molar-refractivity contribution in [3.63, 3.8) is 0 Å². The van der Waals surface area contributed by atoms with Crippen molar-refractivity contribution in [3.8, 4) is 0 Å². The van der Waals surface area contributed by atoms with E-state index in [0.717, 1.165) is 56.8 Å². The fourth-order valence-electron chi connectivity index (χ4n) is 3.61. The van der Waals surface area contributed by atoms with E-state index in [0.29, 0.717) is 6.54 Å². The van der Waals surface area contributed by atoms with Gasteiger partial charge in [0.25, 0.3) is 0 Å². The van der Waals surface area contributed by atoms with Gasteiger partial charge in [-0.15, -0.1) is 0 Å². The van der Waals surface area contributed by atoms with Crippen molar-refractivity contribution in [2.75, 3.05) is 26.2 Å². The van der Waals surface area contributed by atoms with Gasteiger partial charge in [-0.05, 0) is 55.8 Å². The summed E-state index contributed by atoms with van der Waals surface area (Å²) in [5, 5.41) is 0. The van der Waals surface area contributed by atoms with E-state index in [9.17, 15) is 9.18 Å². The van der Waals surface area contributed by atoms with Crippen molar-refractivity contribution >= 4 is 5.91 Å². The maximum Gasteiger partial charge on any atom is 0.236 e. The number of piperidine rings is 1. The van der Waals surface area contributed by atoms with Crippen LogP contribution < -0.4 is 0 Å². The zero-order valence-corrected chi connectivity index (χ0v) is 13.3. The smallest absolute Gasteiger partial charge is 0.236 e. The first-order valence-corrected chi connectivity index (χ1v) is 8.41. The van der Waals surface area contributed by atoms with Crippen LogP contribution >= 0.6 is 0 Å². The van der Waals surface area contributed by atoms with Gasteiger partial charge in [0.1, 0.15) is 5.82 Å². The molecule has 120 valence electrons. The van der Waals surface area contributed by atoms with E-state index in [1.54, 1.807) is 0 Å². The number of amides is 1. The first-order chi connectivity index (χ1) is 10.6. The second-order valence-electron chi connectivity index (χ2n) is 6.74. The van der Waals surface area contributed by atoms with Crippen molar-refractivity contribution in [1.82, 2.24) is 9.80 Å². The van der Waals surface area contributed by atoms with Gasteiger partial charge in [0.05, 0.1) is 6.54 Å². The van der Waals surface area contributed by atoms with Gasteiger partial charge in [-0.1, -0.05) is 19.1 Å². The molecule has 0 N–H and O–H groups in total. The van der Waals surface area contributed by atoms with Crippen molar-refractivity contribution in [2.45, 2.75) is 38.6 Å². The average Bonchev–Trinajstić information content (AvgIpc) is 2.97. The zero-order valence-electron chi connectivity index (χ0n) is 13.3. The van der Waals surface area contributed by atoms with E-state index in [-0.39, 0.29) is 17.8 Å². The van der Waals surface area contributed by atoms with Gasteiger partial charge in [0.2, 0.25) is 5.91 Å². The maximum atomic E-state index is 13.1. The summed E-state index contributed by atoms with van der Waals surface area (Å²) in [6, 6.07) is 6.99. The lowest BCUT2D eigenvalue weighted by molar-refractivity contribution is -0.134. The molecule has 1 aromatic carbocycles. The molecule has 0 bridgehead atoms. The van der Waals surface area contributed by atoms with Crippen molar-refractivity contribution in [1.29, 1.82) is 0 Å². The molecule has 2 heterocycles. The fraction of sp³-hybridized carbons (Fsp3) is 0.611. The van der Waals surface area contributed by atoms with Crippen molar-refractivity contribution < 1.29 is 9.18 Å². The van der Waals surface area contributed by atoms with Crippen LogP contribution in [0.5, 0.6) is 0 Å². The third-order valence-corrected chi connectivity index (χ3v) is 5.09. The normalized spacial score (nSPS) is 23.9. The summed E-state index contributed by atoms with van der Waals surface area (Å²) in [6.45, 7) is 5.51. The highest BCUT2D eigenvalue weighted by molar-refractivity contribution is 5.78. The number of halogens is 1. The monoisotopic (exact) mass is 304 g/mol. The summed E-state index contributed by atoms with van der Waals surface area (Å²) < 4.78 is 13.1. The number of hydrogen-bond acceptors (Lipinski definition) is 2. The quantitative estimate of drug-likeness (QED) is 0.856. The number of benzene rings is 1. The predicted octanol–water partition coefficient (Wildman–Crippen LogP) is 3.22. The van der Waals surface area contributed by atoms with Crippen LogP contribution in [0, 0.1) is 11.7 Å². The molecule has 0 spiro atoms. The van der Waals surface area contributed by atoms with E-state index >= 15 is 0 Å². The SMILES string of the molecule is CC1CCN(C(=O)CN2CCCC2c2ccc(F)cc2)CC1. The second kappa shape index (κ2) is 6.78. The average molecular weight is 304 g/mol. The Balaban J connectivity index is 1.61. The minimum Gasteiger partial charge on any atom is -0.342 e. The first kappa shape index (κ1) is 15.5. The highest BCUT2D eigenvalue weighted by atomic mass is 19.1. The maximum absolute atomic E-state index is 13.1. The summed E-state index contributed by atoms with van der Waals surface area (Å²) in [4.78, 5) is 16.8. The van der Waals surface area contributed by atoms with E-state index in [1.807, 2.05) is 17.0 Å². The molecule has 2 aliphatic rings. The summed E-state index contributed by atoms with van der Waals surface area (Å²) in [5.74, 6) is 0.788. The molecule has 1 aromatic rings. The predicted molar refractivity (Wildman–Crippen MR) is 84.9 cm³/mol. The van der Waals surface area contributed by atoms with Crippen LogP contribution in [0.25, 0.3) is 0 Å². The van der Waals surface area contributed by atoms with Crippen LogP contribution in [0.15, 0.2) is 24.3 Å². The fourth-order valence-corrected chi connectivity index (χ4v) is 3.61. The lowest BCUT2D eigenvalue weighted by Crippen LogP contribution is -2.43. The number of likely N-dealkylation sites (tertiary alicyclic amines) is 2. The second-order valence-corrected chi connectivity index (χ2v) is 6.74. The van der Waals surface area contributed by atoms with Crippen molar-refractivity contribution in [2.24, 2.45) is 5.92 Å². The molecule has 1 unspecified atom stereocenters. The molecule has 3 nitrogen and oxygen atoms in total. The van der Waals surface area contributed by atoms with Crippen LogP contribution in [0.2, 0.25) is 0 Å². The molecule has 0 aliphatic carbocycles. The molecule has 0 radical (unpaired) electrons. The van der Waals surface area contributed by atoms with E-state index in [4.69, 9.17) is 0 Å². The molecule has 22 heavy (non-hydrogen) atoms. The standard InChI is InChI=1S/C18H25FN2O/c1-14-8-11-20(12-9-14)18(22)13-21-10-2-3-17(21)15-4-6-16(19)7-5-15/h4-7,14,17H,2-3,8-13H2,1H3. The van der Waals surface area contributed by atoms with Gasteiger partial charge < -0.3 is 4.90 Å². The molecule has 2 fully saturated rings. The molecule has 0 saturated carbocycles. The first-order valence-electron chi connectivity index (χ1n) is 8.41. The van der Waals surface area contributed by atoms with Gasteiger partial charge in [-0.3, -0.25) is 9.69 Å². The summed E-state index contributed by atoms with van der Waals surface area (Å²) in [6.07, 6.45) is 4.39. The van der Waals surface area contributed by atoms with Crippen molar-refractivity contribution in [3.05, 3.63) is 35.6 Å². The Morgan fingerprint density at radius 2 is 1.82 bits per heavy atom. The summed E-state index contributed by atoms with van der Waals surface area (Å²) in [7, 11) is 0. The van der Waals surface area contributed by atoms with E-state index in [2.05, 4.69) is 11.8 Å². The number of carbonyl (C=O) groups excluding carboxylic acids is 1. The third-order valence-electron chi connectivity index (χ3n) is 5.09. The van der Waals surface area contributed by atoms with Crippen LogP contribution in [0.3, 0.4) is 0 Å². The Kier molecular flexibility index (Phi) is 4.77. The van der Waals surface area contributed by atoms with E-state index in [1.165, 1.54) is 12.1 Å². The highest BCUT2D eigenvalue weighted by Gasteiger charge is 2.29. The van der Waals surface area contributed by atoms with Crippen LogP contribution in [0.1, 0.15) is 44.2 Å². The molecule has 4 heteroatoms. The summed E-state index contributed by atoms with van der Waals surface area (Å²) in [5.41, 5.74) is 1.12. The molecular formula is C18H25FN2O. The molecule has 1 amide bonds. The molecule has 0 aromatic heterocycles. The van der Waals surface area contributed by atoms with Gasteiger partial charge in [0.15, 0.2) is 0 Å². The molecule has 2 aliphatic heterocycles. The van der Waals surface area contributed by atoms with E-state index < -0.39 is 0 Å². The third kappa shape index (κ3) is 3.49. The Labute approximate surface area is 132 Å². The summed E-state index contributed by atoms with van der Waals surface area (Å²) >= 11 is 0. The Morgan fingerprint density at radius 3 is 2.50 bits per heavy atom. The Morgan fingerprint density at radius 1 is 1.14 bits per heavy atom. The van der Waals surface area contributed by atoms with Crippen LogP contribution in [0.4, 0.5) is 4.39 Å². The number of carbonyl (C=O) groups is 1. The topological polar surface area (TPSA) is 23.6 Å². The largest absolute Gasteiger partial charge is 0.342 e. The van der Waals surface area contributed by atoms with Gasteiger partial charge in [-0.25, -0.2) is 4.39 Å². The zero-order chi connectivity index (χ0) is 15.5. The number of nitrogens with zero attached hydrogens (tertiary/aromatic N) is 2. The molecule has 2 saturated heterocycles. The van der Waals surface area contributed by atoms with Crippen LogP contribution in [-0.2, 0) is 4.79 Å². The minimum atomic E-state index is -0.202. The number of rotatable bonds is 3. The highest BCUT2D eigenvalue weighted by Crippen LogP contribution is 2.31.